The summed E-state index contributed by atoms with van der Waals surface area (Å²) in [5, 5.41) is 11.4. The van der Waals surface area contributed by atoms with Gasteiger partial charge in [-0.3, -0.25) is 0 Å². The SMILES string of the molecule is C#CC(F)(F)C1(O)CCC2C3CCc4cc(OCCOCCOC)ccc4C3C(c3ccc(S(=O)(=O)C4CC4)cc3)CC21C. The lowest BCUT2D eigenvalue weighted by molar-refractivity contribution is -0.214. The highest BCUT2D eigenvalue weighted by atomic mass is 32.2. The molecule has 0 aromatic heterocycles. The van der Waals surface area contributed by atoms with Crippen LogP contribution in [0.2, 0.25) is 0 Å². The van der Waals surface area contributed by atoms with E-state index in [9.17, 15) is 13.5 Å². The molecule has 3 saturated carbocycles. The van der Waals surface area contributed by atoms with Gasteiger partial charge in [-0.15, -0.1) is 6.42 Å². The van der Waals surface area contributed by atoms with E-state index in [4.69, 9.17) is 20.6 Å². The average molecular weight is 629 g/mol. The number of halogens is 2. The van der Waals surface area contributed by atoms with Crippen LogP contribution in [0.4, 0.5) is 8.78 Å². The third kappa shape index (κ3) is 5.16. The molecule has 1 N–H and O–H groups in total. The van der Waals surface area contributed by atoms with Crippen LogP contribution >= 0.6 is 0 Å². The monoisotopic (exact) mass is 628 g/mol. The van der Waals surface area contributed by atoms with Crippen molar-refractivity contribution >= 4 is 9.84 Å². The summed E-state index contributed by atoms with van der Waals surface area (Å²) in [4.78, 5) is 0.300. The first kappa shape index (κ1) is 31.5. The van der Waals surface area contributed by atoms with Crippen molar-refractivity contribution < 1.29 is 36.5 Å². The minimum Gasteiger partial charge on any atom is -0.491 e. The summed E-state index contributed by atoms with van der Waals surface area (Å²) in [5.41, 5.74) is -0.189. The minimum absolute atomic E-state index is 0.0240. The van der Waals surface area contributed by atoms with E-state index in [2.05, 4.69) is 12.1 Å². The Kier molecular flexibility index (Phi) is 8.36. The highest BCUT2D eigenvalue weighted by Gasteiger charge is 2.71. The van der Waals surface area contributed by atoms with Crippen LogP contribution in [-0.4, -0.2) is 63.8 Å². The van der Waals surface area contributed by atoms with Crippen LogP contribution in [0, 0.1) is 29.6 Å². The largest absolute Gasteiger partial charge is 0.491 e. The van der Waals surface area contributed by atoms with Crippen LogP contribution in [-0.2, 0) is 25.7 Å². The van der Waals surface area contributed by atoms with Gasteiger partial charge in [0.25, 0.3) is 0 Å². The lowest BCUT2D eigenvalue weighted by Gasteiger charge is -2.57. The van der Waals surface area contributed by atoms with Crippen molar-refractivity contribution in [3.8, 4) is 18.1 Å². The molecule has 6 rings (SSSR count). The Morgan fingerprint density at radius 2 is 1.77 bits per heavy atom. The maximum absolute atomic E-state index is 15.4. The highest BCUT2D eigenvalue weighted by molar-refractivity contribution is 7.92. The maximum atomic E-state index is 15.4. The zero-order chi connectivity index (χ0) is 31.3. The Morgan fingerprint density at radius 3 is 2.45 bits per heavy atom. The fraction of sp³-hybridized carbons (Fsp3) is 0.600. The van der Waals surface area contributed by atoms with Gasteiger partial charge in [-0.25, -0.2) is 8.42 Å². The Balaban J connectivity index is 1.34. The number of hydrogen-bond donors (Lipinski definition) is 1. The van der Waals surface area contributed by atoms with Crippen LogP contribution in [0.1, 0.15) is 74.0 Å². The number of alkyl halides is 2. The summed E-state index contributed by atoms with van der Waals surface area (Å²) in [7, 11) is -1.73. The summed E-state index contributed by atoms with van der Waals surface area (Å²) in [6.07, 6.45) is 9.00. The second-order valence-electron chi connectivity index (χ2n) is 13.3. The fourth-order valence-corrected chi connectivity index (χ4v) is 10.3. The molecule has 0 spiro atoms. The molecule has 0 heterocycles. The molecule has 44 heavy (non-hydrogen) atoms. The molecular weight excluding hydrogens is 586 g/mol. The Labute approximate surface area is 259 Å². The smallest absolute Gasteiger partial charge is 0.336 e. The Bertz CT molecular complexity index is 1510. The molecule has 2 aromatic rings. The number of rotatable bonds is 11. The van der Waals surface area contributed by atoms with Gasteiger partial charge in [0.05, 0.1) is 30.0 Å². The van der Waals surface area contributed by atoms with Crippen LogP contribution in [0.15, 0.2) is 47.4 Å². The van der Waals surface area contributed by atoms with Gasteiger partial charge in [-0.2, -0.15) is 8.78 Å². The molecule has 6 unspecified atom stereocenters. The lowest BCUT2D eigenvalue weighted by Crippen LogP contribution is -2.60. The zero-order valence-electron chi connectivity index (χ0n) is 25.4. The predicted molar refractivity (Wildman–Crippen MR) is 163 cm³/mol. The first-order valence-electron chi connectivity index (χ1n) is 15.7. The topological polar surface area (TPSA) is 82.1 Å². The summed E-state index contributed by atoms with van der Waals surface area (Å²) < 4.78 is 73.1. The summed E-state index contributed by atoms with van der Waals surface area (Å²) in [5.74, 6) is -1.54. The van der Waals surface area contributed by atoms with Crippen molar-refractivity contribution in [3.63, 3.8) is 0 Å². The van der Waals surface area contributed by atoms with Crippen molar-refractivity contribution in [2.45, 2.75) is 85.4 Å². The zero-order valence-corrected chi connectivity index (χ0v) is 26.3. The van der Waals surface area contributed by atoms with Gasteiger partial charge in [0.1, 0.15) is 18.0 Å². The van der Waals surface area contributed by atoms with Crippen LogP contribution < -0.4 is 4.74 Å². The summed E-state index contributed by atoms with van der Waals surface area (Å²) in [6, 6.07) is 13.2. The molecule has 4 aliphatic rings. The van der Waals surface area contributed by atoms with Gasteiger partial charge in [-0.05, 0) is 115 Å². The quantitative estimate of drug-likeness (QED) is 0.246. The molecule has 3 fully saturated rings. The number of sulfone groups is 1. The second kappa shape index (κ2) is 11.7. The summed E-state index contributed by atoms with van der Waals surface area (Å²) >= 11 is 0. The number of hydrogen-bond acceptors (Lipinski definition) is 6. The molecule has 9 heteroatoms. The van der Waals surface area contributed by atoms with Crippen LogP contribution in [0.3, 0.4) is 0 Å². The van der Waals surface area contributed by atoms with Gasteiger partial charge in [0.2, 0.25) is 0 Å². The van der Waals surface area contributed by atoms with Crippen molar-refractivity contribution in [1.29, 1.82) is 0 Å². The predicted octanol–water partition coefficient (Wildman–Crippen LogP) is 5.91. The number of ether oxygens (including phenoxy) is 3. The van der Waals surface area contributed by atoms with Crippen LogP contribution in [0.25, 0.3) is 0 Å². The number of fused-ring (bicyclic) bond motifs is 5. The number of aryl methyl sites for hydroxylation is 1. The number of benzene rings is 2. The Hall–Kier alpha value is -2.51. The second-order valence-corrected chi connectivity index (χ2v) is 15.5. The van der Waals surface area contributed by atoms with Gasteiger partial charge in [0, 0.05) is 12.5 Å². The van der Waals surface area contributed by atoms with E-state index in [0.29, 0.717) is 57.0 Å². The molecule has 6 atom stereocenters. The van der Waals surface area contributed by atoms with Crippen molar-refractivity contribution in [1.82, 2.24) is 0 Å². The first-order chi connectivity index (χ1) is 21.0. The molecule has 0 bridgehead atoms. The van der Waals surface area contributed by atoms with E-state index < -0.39 is 26.8 Å². The van der Waals surface area contributed by atoms with E-state index >= 15 is 8.78 Å². The van der Waals surface area contributed by atoms with E-state index in [1.807, 2.05) is 18.2 Å². The molecule has 0 amide bonds. The molecule has 0 saturated heterocycles. The van der Waals surface area contributed by atoms with E-state index in [1.54, 1.807) is 32.1 Å². The number of methoxy groups -OCH3 is 1. The van der Waals surface area contributed by atoms with Crippen LogP contribution in [0.5, 0.6) is 5.75 Å². The fourth-order valence-electron chi connectivity index (χ4n) is 8.68. The third-order valence-electron chi connectivity index (χ3n) is 11.1. The Morgan fingerprint density at radius 1 is 1.05 bits per heavy atom. The normalized spacial score (nSPS) is 31.5. The maximum Gasteiger partial charge on any atom is 0.336 e. The highest BCUT2D eigenvalue weighted by Crippen LogP contribution is 2.70. The first-order valence-corrected chi connectivity index (χ1v) is 17.3. The van der Waals surface area contributed by atoms with Gasteiger partial charge < -0.3 is 19.3 Å². The lowest BCUT2D eigenvalue weighted by atomic mass is 9.48. The van der Waals surface area contributed by atoms with Crippen molar-refractivity contribution in [3.05, 3.63) is 59.2 Å². The molecule has 6 nitrogen and oxygen atoms in total. The van der Waals surface area contributed by atoms with Gasteiger partial charge in [0.15, 0.2) is 9.84 Å². The minimum atomic E-state index is -3.66. The van der Waals surface area contributed by atoms with Crippen molar-refractivity contribution in [2.24, 2.45) is 17.3 Å². The van der Waals surface area contributed by atoms with Gasteiger partial charge >= 0.3 is 5.92 Å². The van der Waals surface area contributed by atoms with E-state index in [1.165, 1.54) is 11.1 Å². The van der Waals surface area contributed by atoms with E-state index in [0.717, 1.165) is 24.2 Å². The van der Waals surface area contributed by atoms with Crippen molar-refractivity contribution in [2.75, 3.05) is 33.5 Å². The number of aliphatic hydroxyl groups is 1. The van der Waals surface area contributed by atoms with Gasteiger partial charge in [-0.1, -0.05) is 25.1 Å². The third-order valence-corrected chi connectivity index (χ3v) is 13.4. The molecule has 238 valence electrons. The number of terminal acetylenes is 1. The molecule has 0 radical (unpaired) electrons. The molecule has 4 aliphatic carbocycles. The van der Waals surface area contributed by atoms with E-state index in [-0.39, 0.29) is 35.3 Å². The molecule has 0 aliphatic heterocycles. The summed E-state index contributed by atoms with van der Waals surface area (Å²) in [6.45, 7) is 3.69. The molecule has 2 aromatic carbocycles. The standard InChI is InChI=1S/C35H42F2O6S/c1-4-35(36,37)34(38)16-15-31-29-13-7-24-21-25(43-20-19-42-18-17-41-3)8-14-28(24)32(29)30(22-33(31,34)2)23-5-9-26(10-6-23)44(39,40)27-11-12-27/h1,5-6,8-10,14,21,27,29-32,38H,7,11-13,15-20,22H2,2-3H3. The average Bonchev–Trinajstić information content (AvgIpc) is 3.84. The molecular formula is C35H42F2O6S.